The summed E-state index contributed by atoms with van der Waals surface area (Å²) in [5.41, 5.74) is 0. The monoisotopic (exact) mass is 346 g/mol. The van der Waals surface area contributed by atoms with Gasteiger partial charge in [-0.2, -0.15) is 0 Å². The third-order valence-corrected chi connectivity index (χ3v) is 5.50. The van der Waals surface area contributed by atoms with Crippen molar-refractivity contribution in [3.8, 4) is 0 Å². The number of hydrogen-bond acceptors (Lipinski definition) is 3. The van der Waals surface area contributed by atoms with Gasteiger partial charge in [0.15, 0.2) is 0 Å². The number of aromatic nitrogens is 2. The van der Waals surface area contributed by atoms with Gasteiger partial charge in [0.1, 0.15) is 0 Å². The topological polar surface area (TPSA) is 67.2 Å². The van der Waals surface area contributed by atoms with Crippen molar-refractivity contribution >= 4 is 11.8 Å². The van der Waals surface area contributed by atoms with Crippen LogP contribution >= 0.6 is 0 Å². The first-order valence-electron chi connectivity index (χ1n) is 9.77. The zero-order valence-corrected chi connectivity index (χ0v) is 15.0. The van der Waals surface area contributed by atoms with Crippen molar-refractivity contribution in [1.29, 1.82) is 0 Å². The number of likely N-dealkylation sites (tertiary alicyclic amines) is 1. The maximum Gasteiger partial charge on any atom is 0.225 e. The number of nitrogens with one attached hydrogen (secondary N) is 1. The van der Waals surface area contributed by atoms with E-state index in [0.29, 0.717) is 25.6 Å². The van der Waals surface area contributed by atoms with Gasteiger partial charge in [-0.25, -0.2) is 4.98 Å². The molecule has 2 fully saturated rings. The zero-order valence-electron chi connectivity index (χ0n) is 15.0. The van der Waals surface area contributed by atoms with Crippen LogP contribution < -0.4 is 5.32 Å². The third kappa shape index (κ3) is 5.06. The molecule has 2 aliphatic rings. The van der Waals surface area contributed by atoms with Gasteiger partial charge in [0.2, 0.25) is 11.8 Å². The number of carbonyl (C=O) groups excluding carboxylic acids is 2. The van der Waals surface area contributed by atoms with Gasteiger partial charge < -0.3 is 14.8 Å². The van der Waals surface area contributed by atoms with Gasteiger partial charge in [-0.05, 0) is 25.7 Å². The molecule has 1 atom stereocenters. The molecule has 1 aromatic heterocycles. The molecule has 138 valence electrons. The molecular weight excluding hydrogens is 316 g/mol. The average molecular weight is 346 g/mol. The standard InChI is InChI=1S/C19H30N4O2/c24-18-13-16(14-23(18)17-7-3-1-2-4-8-17)19(25)21-9-5-6-11-22-12-10-20-15-22/h10,12,15-17H,1-9,11,13-14H2,(H,21,25)/t16-/m1/s1. The molecule has 1 aliphatic heterocycles. The Hall–Kier alpha value is -1.85. The Labute approximate surface area is 150 Å². The van der Waals surface area contributed by atoms with E-state index in [0.717, 1.165) is 32.2 Å². The Balaban J connectivity index is 1.36. The Morgan fingerprint density at radius 2 is 2.00 bits per heavy atom. The molecule has 0 radical (unpaired) electrons. The van der Waals surface area contributed by atoms with Gasteiger partial charge in [0.05, 0.1) is 12.2 Å². The minimum atomic E-state index is -0.163. The van der Waals surface area contributed by atoms with Gasteiger partial charge in [0, 0.05) is 44.5 Å². The first kappa shape index (κ1) is 18.0. The Bertz CT molecular complexity index is 550. The molecule has 6 heteroatoms. The quantitative estimate of drug-likeness (QED) is 0.609. The van der Waals surface area contributed by atoms with E-state index in [1.165, 1.54) is 25.7 Å². The Morgan fingerprint density at radius 1 is 1.20 bits per heavy atom. The minimum absolute atomic E-state index is 0.0482. The first-order valence-corrected chi connectivity index (χ1v) is 9.77. The predicted octanol–water partition coefficient (Wildman–Crippen LogP) is 2.35. The lowest BCUT2D eigenvalue weighted by Gasteiger charge is -2.27. The fourth-order valence-electron chi connectivity index (χ4n) is 4.02. The lowest BCUT2D eigenvalue weighted by atomic mass is 10.1. The highest BCUT2D eigenvalue weighted by molar-refractivity contribution is 5.89. The maximum absolute atomic E-state index is 12.4. The fourth-order valence-corrected chi connectivity index (χ4v) is 4.02. The molecule has 25 heavy (non-hydrogen) atoms. The molecule has 2 heterocycles. The van der Waals surface area contributed by atoms with Crippen LogP contribution in [0.5, 0.6) is 0 Å². The lowest BCUT2D eigenvalue weighted by molar-refractivity contribution is -0.130. The van der Waals surface area contributed by atoms with E-state index in [1.54, 1.807) is 6.20 Å². The van der Waals surface area contributed by atoms with Crippen LogP contribution in [0.3, 0.4) is 0 Å². The van der Waals surface area contributed by atoms with Crippen LogP contribution in [-0.4, -0.2) is 45.4 Å². The molecule has 1 saturated carbocycles. The summed E-state index contributed by atoms with van der Waals surface area (Å²) in [6.45, 7) is 2.22. The second kappa shape index (κ2) is 9.02. The summed E-state index contributed by atoms with van der Waals surface area (Å²) >= 11 is 0. The summed E-state index contributed by atoms with van der Waals surface area (Å²) in [5, 5.41) is 3.02. The number of rotatable bonds is 7. The molecule has 1 saturated heterocycles. The summed E-state index contributed by atoms with van der Waals surface area (Å²) in [7, 11) is 0. The van der Waals surface area contributed by atoms with Crippen molar-refractivity contribution < 1.29 is 9.59 Å². The number of unbranched alkanes of at least 4 members (excludes halogenated alkanes) is 1. The van der Waals surface area contributed by atoms with Gasteiger partial charge in [-0.15, -0.1) is 0 Å². The summed E-state index contributed by atoms with van der Waals surface area (Å²) in [5.74, 6) is 0.0589. The number of nitrogens with zero attached hydrogens (tertiary/aromatic N) is 3. The number of imidazole rings is 1. The third-order valence-electron chi connectivity index (χ3n) is 5.50. The highest BCUT2D eigenvalue weighted by Gasteiger charge is 2.37. The van der Waals surface area contributed by atoms with Crippen LogP contribution in [0.2, 0.25) is 0 Å². The first-order chi connectivity index (χ1) is 12.2. The molecule has 1 N–H and O–H groups in total. The number of hydrogen-bond donors (Lipinski definition) is 1. The van der Waals surface area contributed by atoms with Gasteiger partial charge in [-0.1, -0.05) is 25.7 Å². The van der Waals surface area contributed by atoms with Crippen molar-refractivity contribution in [2.24, 2.45) is 5.92 Å². The molecule has 6 nitrogen and oxygen atoms in total. The van der Waals surface area contributed by atoms with E-state index in [-0.39, 0.29) is 17.7 Å². The smallest absolute Gasteiger partial charge is 0.225 e. The van der Waals surface area contributed by atoms with Crippen molar-refractivity contribution in [3.63, 3.8) is 0 Å². The fraction of sp³-hybridized carbons (Fsp3) is 0.737. The summed E-state index contributed by atoms with van der Waals surface area (Å²) in [6.07, 6.45) is 15.1. The molecule has 0 bridgehead atoms. The molecule has 1 aliphatic carbocycles. The van der Waals surface area contributed by atoms with Crippen LogP contribution in [0.4, 0.5) is 0 Å². The molecule has 3 rings (SSSR count). The van der Waals surface area contributed by atoms with Gasteiger partial charge in [0.25, 0.3) is 0 Å². The maximum atomic E-state index is 12.4. The Kier molecular flexibility index (Phi) is 6.48. The number of amides is 2. The zero-order chi connectivity index (χ0) is 17.5. The Morgan fingerprint density at radius 3 is 2.72 bits per heavy atom. The van der Waals surface area contributed by atoms with E-state index in [1.807, 2.05) is 22.0 Å². The normalized spacial score (nSPS) is 22.2. The summed E-state index contributed by atoms with van der Waals surface area (Å²) in [4.78, 5) is 30.7. The van der Waals surface area contributed by atoms with Gasteiger partial charge >= 0.3 is 0 Å². The summed E-state index contributed by atoms with van der Waals surface area (Å²) in [6, 6.07) is 0.364. The second-order valence-electron chi connectivity index (χ2n) is 7.39. The van der Waals surface area contributed by atoms with Crippen molar-refractivity contribution in [1.82, 2.24) is 19.8 Å². The van der Waals surface area contributed by atoms with E-state index < -0.39 is 0 Å². The number of aryl methyl sites for hydroxylation is 1. The highest BCUT2D eigenvalue weighted by atomic mass is 16.2. The lowest BCUT2D eigenvalue weighted by Crippen LogP contribution is -2.38. The number of carbonyl (C=O) groups is 2. The van der Waals surface area contributed by atoms with Crippen molar-refractivity contribution in [3.05, 3.63) is 18.7 Å². The minimum Gasteiger partial charge on any atom is -0.356 e. The van der Waals surface area contributed by atoms with Crippen LogP contribution in [0.15, 0.2) is 18.7 Å². The predicted molar refractivity (Wildman–Crippen MR) is 95.8 cm³/mol. The molecule has 0 aromatic carbocycles. The second-order valence-corrected chi connectivity index (χ2v) is 7.39. The summed E-state index contributed by atoms with van der Waals surface area (Å²) < 4.78 is 2.04. The van der Waals surface area contributed by atoms with Crippen molar-refractivity contribution in [2.75, 3.05) is 13.1 Å². The highest BCUT2D eigenvalue weighted by Crippen LogP contribution is 2.28. The van der Waals surface area contributed by atoms with E-state index >= 15 is 0 Å². The average Bonchev–Trinajstić information content (AvgIpc) is 3.17. The molecular formula is C19H30N4O2. The van der Waals surface area contributed by atoms with E-state index in [4.69, 9.17) is 0 Å². The largest absolute Gasteiger partial charge is 0.356 e. The van der Waals surface area contributed by atoms with Crippen LogP contribution in [0.25, 0.3) is 0 Å². The molecule has 2 amide bonds. The molecule has 1 aromatic rings. The van der Waals surface area contributed by atoms with Crippen LogP contribution in [-0.2, 0) is 16.1 Å². The molecule has 0 unspecified atom stereocenters. The van der Waals surface area contributed by atoms with Gasteiger partial charge in [-0.3, -0.25) is 9.59 Å². The van der Waals surface area contributed by atoms with Crippen LogP contribution in [0, 0.1) is 5.92 Å². The van der Waals surface area contributed by atoms with Crippen LogP contribution in [0.1, 0.15) is 57.8 Å². The van der Waals surface area contributed by atoms with Crippen molar-refractivity contribution in [2.45, 2.75) is 70.4 Å². The SMILES string of the molecule is O=C(NCCCCn1ccnc1)[C@@H]1CC(=O)N(C2CCCCCC2)C1. The van der Waals surface area contributed by atoms with E-state index in [2.05, 4.69) is 10.3 Å². The van der Waals surface area contributed by atoms with E-state index in [9.17, 15) is 9.59 Å². The molecule has 0 spiro atoms.